The van der Waals surface area contributed by atoms with E-state index in [0.29, 0.717) is 22.4 Å². The number of carboxylic acid groups (broad SMARTS) is 1. The first-order chi connectivity index (χ1) is 11.5. The van der Waals surface area contributed by atoms with Gasteiger partial charge in [-0.1, -0.05) is 6.07 Å². The lowest BCUT2D eigenvalue weighted by Crippen LogP contribution is -2.01. The molecule has 1 heterocycles. The minimum absolute atomic E-state index is 0.0328. The first kappa shape index (κ1) is 15.3. The number of aromatic carboxylic acids is 1. The van der Waals surface area contributed by atoms with Crippen LogP contribution in [0.15, 0.2) is 42.7 Å². The highest BCUT2D eigenvalue weighted by molar-refractivity contribution is 5.97. The van der Waals surface area contributed by atoms with E-state index in [1.54, 1.807) is 12.1 Å². The fourth-order valence-electron chi connectivity index (χ4n) is 2.28. The number of fused-ring (bicyclic) bond motifs is 1. The lowest BCUT2D eigenvalue weighted by molar-refractivity contribution is -0.384. The number of nitro groups is 1. The molecule has 120 valence electrons. The zero-order chi connectivity index (χ0) is 17.3. The minimum Gasteiger partial charge on any atom is -0.478 e. The third-order valence-electron chi connectivity index (χ3n) is 3.57. The molecule has 0 atom stereocenters. The second kappa shape index (κ2) is 5.92. The Kier molecular flexibility index (Phi) is 3.78. The number of carboxylic acids is 1. The lowest BCUT2D eigenvalue weighted by Gasteiger charge is -2.11. The summed E-state index contributed by atoms with van der Waals surface area (Å²) in [6, 6.07) is 9.01. The second-order valence-electron chi connectivity index (χ2n) is 5.14. The molecule has 0 aliphatic heterocycles. The summed E-state index contributed by atoms with van der Waals surface area (Å²) in [5, 5.41) is 23.6. The molecule has 1 aromatic heterocycles. The molecule has 0 saturated carbocycles. The molecule has 8 heteroatoms. The van der Waals surface area contributed by atoms with Crippen molar-refractivity contribution in [3.63, 3.8) is 0 Å². The predicted molar refractivity (Wildman–Crippen MR) is 87.6 cm³/mol. The molecule has 8 nitrogen and oxygen atoms in total. The number of hydrogen-bond acceptors (Lipinski definition) is 6. The molecule has 2 aromatic carbocycles. The molecule has 0 unspecified atom stereocenters. The van der Waals surface area contributed by atoms with Crippen LogP contribution in [0.5, 0.6) is 0 Å². The summed E-state index contributed by atoms with van der Waals surface area (Å²) in [7, 11) is 0. The van der Waals surface area contributed by atoms with Crippen LogP contribution in [-0.2, 0) is 0 Å². The SMILES string of the molecule is Cc1ccc([N+](=O)[O-])cc1Nc1ncnc2cc(C(=O)O)ccc12. The third-order valence-corrected chi connectivity index (χ3v) is 3.57. The van der Waals surface area contributed by atoms with Crippen LogP contribution < -0.4 is 5.32 Å². The van der Waals surface area contributed by atoms with E-state index in [2.05, 4.69) is 15.3 Å². The van der Waals surface area contributed by atoms with Gasteiger partial charge in [-0.25, -0.2) is 14.8 Å². The molecule has 3 rings (SSSR count). The van der Waals surface area contributed by atoms with Gasteiger partial charge in [-0.3, -0.25) is 10.1 Å². The van der Waals surface area contributed by atoms with E-state index in [1.165, 1.54) is 30.6 Å². The van der Waals surface area contributed by atoms with Gasteiger partial charge in [-0.2, -0.15) is 0 Å². The van der Waals surface area contributed by atoms with Crippen molar-refractivity contribution < 1.29 is 14.8 Å². The standard InChI is InChI=1S/C16H12N4O4/c1-9-2-4-11(20(23)24)7-13(9)19-15-12-5-3-10(16(21)22)6-14(12)17-8-18-15/h2-8H,1H3,(H,21,22)(H,17,18,19). The van der Waals surface area contributed by atoms with Crippen LogP contribution >= 0.6 is 0 Å². The fourth-order valence-corrected chi connectivity index (χ4v) is 2.28. The summed E-state index contributed by atoms with van der Waals surface area (Å²) in [5.41, 5.74) is 1.92. The maximum absolute atomic E-state index is 11.0. The van der Waals surface area contributed by atoms with E-state index >= 15 is 0 Å². The summed E-state index contributed by atoms with van der Waals surface area (Å²) in [6.45, 7) is 1.82. The normalized spacial score (nSPS) is 10.5. The van der Waals surface area contributed by atoms with Crippen molar-refractivity contribution in [1.82, 2.24) is 9.97 Å². The Labute approximate surface area is 135 Å². The minimum atomic E-state index is -1.04. The molecular weight excluding hydrogens is 312 g/mol. The lowest BCUT2D eigenvalue weighted by atomic mass is 10.1. The van der Waals surface area contributed by atoms with Gasteiger partial charge < -0.3 is 10.4 Å². The van der Waals surface area contributed by atoms with Crippen molar-refractivity contribution in [2.75, 3.05) is 5.32 Å². The quantitative estimate of drug-likeness (QED) is 0.558. The maximum Gasteiger partial charge on any atom is 0.335 e. The number of aryl methyl sites for hydroxylation is 1. The molecule has 0 aliphatic carbocycles. The predicted octanol–water partition coefficient (Wildman–Crippen LogP) is 3.29. The van der Waals surface area contributed by atoms with Crippen molar-refractivity contribution >= 4 is 34.1 Å². The monoisotopic (exact) mass is 324 g/mol. The van der Waals surface area contributed by atoms with Crippen molar-refractivity contribution in [3.8, 4) is 0 Å². The van der Waals surface area contributed by atoms with Gasteiger partial charge in [-0.15, -0.1) is 0 Å². The molecule has 0 spiro atoms. The molecule has 0 fully saturated rings. The van der Waals surface area contributed by atoms with Gasteiger partial charge in [0.05, 0.1) is 16.0 Å². The van der Waals surface area contributed by atoms with E-state index in [4.69, 9.17) is 5.11 Å². The average molecular weight is 324 g/mol. The first-order valence-electron chi connectivity index (χ1n) is 6.96. The van der Waals surface area contributed by atoms with Gasteiger partial charge in [0.25, 0.3) is 5.69 Å². The molecular formula is C16H12N4O4. The Balaban J connectivity index is 2.06. The number of aromatic nitrogens is 2. The molecule has 0 bridgehead atoms. The van der Waals surface area contributed by atoms with Crippen LogP contribution in [0, 0.1) is 17.0 Å². The van der Waals surface area contributed by atoms with Crippen molar-refractivity contribution in [3.05, 3.63) is 64.0 Å². The van der Waals surface area contributed by atoms with Crippen LogP contribution in [0.25, 0.3) is 10.9 Å². The number of nitro benzene ring substituents is 1. The second-order valence-corrected chi connectivity index (χ2v) is 5.14. The van der Waals surface area contributed by atoms with Gasteiger partial charge in [0, 0.05) is 23.2 Å². The van der Waals surface area contributed by atoms with E-state index < -0.39 is 10.9 Å². The van der Waals surface area contributed by atoms with Crippen LogP contribution in [0.3, 0.4) is 0 Å². The molecule has 0 amide bonds. The van der Waals surface area contributed by atoms with E-state index in [-0.39, 0.29) is 11.3 Å². The van der Waals surface area contributed by atoms with Gasteiger partial charge in [0.2, 0.25) is 0 Å². The van der Waals surface area contributed by atoms with Crippen LogP contribution in [0.1, 0.15) is 15.9 Å². The van der Waals surface area contributed by atoms with E-state index in [9.17, 15) is 14.9 Å². The van der Waals surface area contributed by atoms with Gasteiger partial charge in [0.15, 0.2) is 0 Å². The highest BCUT2D eigenvalue weighted by Gasteiger charge is 2.12. The van der Waals surface area contributed by atoms with Crippen molar-refractivity contribution in [2.45, 2.75) is 6.92 Å². The number of non-ortho nitro benzene ring substituents is 1. The average Bonchev–Trinajstić information content (AvgIpc) is 2.56. The highest BCUT2D eigenvalue weighted by atomic mass is 16.6. The molecule has 0 aliphatic rings. The smallest absolute Gasteiger partial charge is 0.335 e. The third kappa shape index (κ3) is 2.84. The summed E-state index contributed by atoms with van der Waals surface area (Å²) in [4.78, 5) is 29.7. The number of hydrogen-bond donors (Lipinski definition) is 2. The Morgan fingerprint density at radius 3 is 2.71 bits per heavy atom. The number of anilines is 2. The van der Waals surface area contributed by atoms with E-state index in [1.807, 2.05) is 6.92 Å². The summed E-state index contributed by atoms with van der Waals surface area (Å²) in [6.07, 6.45) is 1.31. The van der Waals surface area contributed by atoms with Crippen molar-refractivity contribution in [2.24, 2.45) is 0 Å². The zero-order valence-corrected chi connectivity index (χ0v) is 12.6. The first-order valence-corrected chi connectivity index (χ1v) is 6.96. The Morgan fingerprint density at radius 1 is 1.21 bits per heavy atom. The van der Waals surface area contributed by atoms with E-state index in [0.717, 1.165) is 5.56 Å². The molecule has 24 heavy (non-hydrogen) atoms. The maximum atomic E-state index is 11.0. The van der Waals surface area contributed by atoms with Gasteiger partial charge in [-0.05, 0) is 30.7 Å². The summed E-state index contributed by atoms with van der Waals surface area (Å²) < 4.78 is 0. The topological polar surface area (TPSA) is 118 Å². The molecule has 0 radical (unpaired) electrons. The Bertz CT molecular complexity index is 971. The molecule has 2 N–H and O–H groups in total. The fraction of sp³-hybridized carbons (Fsp3) is 0.0625. The number of nitrogens with one attached hydrogen (secondary N) is 1. The van der Waals surface area contributed by atoms with Crippen molar-refractivity contribution in [1.29, 1.82) is 0 Å². The number of rotatable bonds is 4. The molecule has 3 aromatic rings. The largest absolute Gasteiger partial charge is 0.478 e. The summed E-state index contributed by atoms with van der Waals surface area (Å²) in [5.74, 6) is -0.597. The number of carbonyl (C=O) groups is 1. The zero-order valence-electron chi connectivity index (χ0n) is 12.6. The Hall–Kier alpha value is -3.55. The number of nitrogens with zero attached hydrogens (tertiary/aromatic N) is 3. The van der Waals surface area contributed by atoms with Gasteiger partial charge >= 0.3 is 5.97 Å². The summed E-state index contributed by atoms with van der Waals surface area (Å²) >= 11 is 0. The molecule has 0 saturated heterocycles. The van der Waals surface area contributed by atoms with Gasteiger partial charge in [0.1, 0.15) is 12.1 Å². The van der Waals surface area contributed by atoms with Crippen LogP contribution in [0.2, 0.25) is 0 Å². The number of benzene rings is 2. The van der Waals surface area contributed by atoms with Crippen LogP contribution in [-0.4, -0.2) is 26.0 Å². The Morgan fingerprint density at radius 2 is 2.00 bits per heavy atom. The van der Waals surface area contributed by atoms with Crippen LogP contribution in [0.4, 0.5) is 17.2 Å². The highest BCUT2D eigenvalue weighted by Crippen LogP contribution is 2.28.